The fourth-order valence-corrected chi connectivity index (χ4v) is 0.455. The van der Waals surface area contributed by atoms with Gasteiger partial charge in [0, 0.05) is 16.9 Å². The van der Waals surface area contributed by atoms with Crippen molar-refractivity contribution in [1.82, 2.24) is 0 Å². The topological polar surface area (TPSA) is 46.5 Å². The Labute approximate surface area is 52.6 Å². The van der Waals surface area contributed by atoms with Crippen LogP contribution < -0.4 is 0 Å². The Morgan fingerprint density at radius 2 is 2.38 bits per heavy atom. The molecule has 0 aromatic rings. The smallest absolute Gasteiger partial charge is 0.233 e. The van der Waals surface area contributed by atoms with Crippen molar-refractivity contribution in [3.8, 4) is 0 Å². The largest absolute Gasteiger partial charge is 0.249 e. The number of hydrogen-bond acceptors (Lipinski definition) is 3. The highest BCUT2D eigenvalue weighted by Gasteiger charge is 1.94. The van der Waals surface area contributed by atoms with E-state index in [4.69, 9.17) is 0 Å². The Balaban J connectivity index is 4.41. The summed E-state index contributed by atoms with van der Waals surface area (Å²) in [5.74, 6) is 0.220. The normalized spacial score (nSPS) is 16.1. The quantitative estimate of drug-likeness (QED) is 0.412. The second-order valence-corrected chi connectivity index (χ2v) is 4.54. The van der Waals surface area contributed by atoms with Crippen LogP contribution in [0.3, 0.4) is 0 Å². The average molecular weight is 151 g/mol. The molecule has 0 aromatic carbocycles. The van der Waals surface area contributed by atoms with E-state index in [2.05, 4.69) is 15.6 Å². The van der Waals surface area contributed by atoms with Gasteiger partial charge in [0.05, 0.1) is 0 Å². The van der Waals surface area contributed by atoms with Crippen molar-refractivity contribution < 1.29 is 9.00 Å². The van der Waals surface area contributed by atoms with Crippen molar-refractivity contribution in [3.63, 3.8) is 0 Å². The summed E-state index contributed by atoms with van der Waals surface area (Å²) >= 11 is 4.34. The number of carbonyl (C=O) groups excluding carboxylic acids is 1. The van der Waals surface area contributed by atoms with Gasteiger partial charge in [-0.3, -0.25) is 0 Å². The first-order valence-corrected chi connectivity index (χ1v) is 4.55. The molecule has 0 aliphatic heterocycles. The Bertz CT molecular complexity index is 199. The maximum atomic E-state index is 10.5. The van der Waals surface area contributed by atoms with Gasteiger partial charge < -0.3 is 0 Å². The minimum Gasteiger partial charge on any atom is -0.233 e. The molecule has 5 heteroatoms. The summed E-state index contributed by atoms with van der Waals surface area (Å²) in [4.78, 5) is 9.44. The minimum absolute atomic E-state index is 0.220. The molecular weight excluding hydrogens is 146 g/mol. The molecule has 0 aliphatic carbocycles. The first kappa shape index (κ1) is 7.75. The zero-order chi connectivity index (χ0) is 6.62. The maximum absolute atomic E-state index is 10.5. The van der Waals surface area contributed by atoms with Gasteiger partial charge in [-0.25, -0.2) is 9.00 Å². The zero-order valence-electron chi connectivity index (χ0n) is 4.29. The molecule has 0 spiro atoms. The van der Waals surface area contributed by atoms with Crippen LogP contribution in [0.1, 0.15) is 6.92 Å². The Morgan fingerprint density at radius 1 is 1.88 bits per heavy atom. The molecule has 0 aromatic heterocycles. The monoisotopic (exact) mass is 151 g/mol. The van der Waals surface area contributed by atoms with Gasteiger partial charge in [0.1, 0.15) is 8.68 Å². The third-order valence-corrected chi connectivity index (χ3v) is 2.55. The molecule has 0 bridgehead atoms. The van der Waals surface area contributed by atoms with Gasteiger partial charge in [0.25, 0.3) is 0 Å². The molecule has 0 amide bonds. The van der Waals surface area contributed by atoms with E-state index in [0.717, 1.165) is 6.08 Å². The van der Waals surface area contributed by atoms with Gasteiger partial charge in [-0.2, -0.15) is 0 Å². The van der Waals surface area contributed by atoms with Crippen molar-refractivity contribution in [2.24, 2.45) is 4.40 Å². The molecule has 0 heterocycles. The molecule has 46 valence electrons. The SMILES string of the molecule is CCS(=O)(=S)N=C=O. The van der Waals surface area contributed by atoms with Crippen LogP contribution in [0, 0.1) is 0 Å². The van der Waals surface area contributed by atoms with Crippen LogP contribution in [0.15, 0.2) is 4.40 Å². The second kappa shape index (κ2) is 2.91. The van der Waals surface area contributed by atoms with Crippen LogP contribution in [0.5, 0.6) is 0 Å². The standard InChI is InChI=1S/C3H5NO2S2/c1-2-8(6,7)4-3-5/h2H2,1H3. The highest BCUT2D eigenvalue weighted by Crippen LogP contribution is 1.87. The van der Waals surface area contributed by atoms with Crippen LogP contribution in [-0.2, 0) is 24.7 Å². The molecule has 0 N–H and O–H groups in total. The van der Waals surface area contributed by atoms with E-state index < -0.39 is 8.68 Å². The van der Waals surface area contributed by atoms with E-state index in [0.29, 0.717) is 0 Å². The summed E-state index contributed by atoms with van der Waals surface area (Å²) in [5, 5.41) is 0. The van der Waals surface area contributed by atoms with Crippen molar-refractivity contribution in [3.05, 3.63) is 0 Å². The van der Waals surface area contributed by atoms with Crippen molar-refractivity contribution in [1.29, 1.82) is 0 Å². The maximum Gasteiger partial charge on any atom is 0.249 e. The summed E-state index contributed by atoms with van der Waals surface area (Å²) in [7, 11) is -2.63. The fraction of sp³-hybridized carbons (Fsp3) is 0.667. The lowest BCUT2D eigenvalue weighted by molar-refractivity contribution is 0.566. The molecule has 3 nitrogen and oxygen atoms in total. The average Bonchev–Trinajstić information content (AvgIpc) is 1.67. The molecule has 8 heavy (non-hydrogen) atoms. The van der Waals surface area contributed by atoms with Gasteiger partial charge in [-0.1, -0.05) is 6.92 Å². The molecule has 1 atom stereocenters. The van der Waals surface area contributed by atoms with Crippen LogP contribution >= 0.6 is 0 Å². The molecule has 0 saturated carbocycles. The third kappa shape index (κ3) is 2.85. The predicted molar refractivity (Wildman–Crippen MR) is 34.2 cm³/mol. The van der Waals surface area contributed by atoms with Crippen LogP contribution in [0.2, 0.25) is 0 Å². The lowest BCUT2D eigenvalue weighted by atomic mass is 11.0. The Morgan fingerprint density at radius 3 is 2.50 bits per heavy atom. The van der Waals surface area contributed by atoms with Crippen molar-refractivity contribution in [2.75, 3.05) is 5.75 Å². The van der Waals surface area contributed by atoms with Gasteiger partial charge in [-0.05, 0) is 0 Å². The van der Waals surface area contributed by atoms with Crippen molar-refractivity contribution >= 4 is 25.9 Å². The minimum atomic E-state index is -2.63. The zero-order valence-corrected chi connectivity index (χ0v) is 5.92. The summed E-state index contributed by atoms with van der Waals surface area (Å²) < 4.78 is 13.5. The van der Waals surface area contributed by atoms with Gasteiger partial charge in [0.2, 0.25) is 6.08 Å². The summed E-state index contributed by atoms with van der Waals surface area (Å²) in [6.45, 7) is 1.61. The molecular formula is C3H5NO2S2. The van der Waals surface area contributed by atoms with Crippen LogP contribution in [-0.4, -0.2) is 16.0 Å². The first-order valence-electron chi connectivity index (χ1n) is 1.94. The molecule has 0 fully saturated rings. The lowest BCUT2D eigenvalue weighted by Crippen LogP contribution is -1.94. The van der Waals surface area contributed by atoms with E-state index >= 15 is 0 Å². The summed E-state index contributed by atoms with van der Waals surface area (Å²) in [6, 6.07) is 0. The van der Waals surface area contributed by atoms with Gasteiger partial charge >= 0.3 is 0 Å². The number of isocyanates is 1. The summed E-state index contributed by atoms with van der Waals surface area (Å²) in [6.07, 6.45) is 1.15. The number of rotatable bonds is 2. The highest BCUT2D eigenvalue weighted by atomic mass is 32.8. The van der Waals surface area contributed by atoms with E-state index in [1.807, 2.05) is 0 Å². The molecule has 0 aliphatic rings. The second-order valence-electron chi connectivity index (χ2n) is 1.05. The van der Waals surface area contributed by atoms with E-state index in [1.165, 1.54) is 0 Å². The van der Waals surface area contributed by atoms with Gasteiger partial charge in [-0.15, -0.1) is 4.40 Å². The predicted octanol–water partition coefficient (Wildman–Crippen LogP) is 0.00340. The molecule has 0 saturated heterocycles. The fourth-order valence-electron chi connectivity index (χ4n) is 0.121. The number of hydrogen-bond donors (Lipinski definition) is 0. The van der Waals surface area contributed by atoms with E-state index in [9.17, 15) is 9.00 Å². The first-order chi connectivity index (χ1) is 3.62. The van der Waals surface area contributed by atoms with Gasteiger partial charge in [0.15, 0.2) is 0 Å². The van der Waals surface area contributed by atoms with E-state index in [-0.39, 0.29) is 5.75 Å². The van der Waals surface area contributed by atoms with Crippen molar-refractivity contribution in [2.45, 2.75) is 6.92 Å². The Kier molecular flexibility index (Phi) is 2.82. The summed E-state index contributed by atoms with van der Waals surface area (Å²) in [5.41, 5.74) is 0. The number of nitrogens with zero attached hydrogens (tertiary/aromatic N) is 1. The van der Waals surface area contributed by atoms with Crippen LogP contribution in [0.25, 0.3) is 0 Å². The molecule has 1 unspecified atom stereocenters. The third-order valence-electron chi connectivity index (χ3n) is 0.541. The lowest BCUT2D eigenvalue weighted by Gasteiger charge is -1.85. The molecule has 0 radical (unpaired) electrons. The van der Waals surface area contributed by atoms with Crippen LogP contribution in [0.4, 0.5) is 0 Å². The highest BCUT2D eigenvalue weighted by molar-refractivity contribution is 8.32. The molecule has 0 rings (SSSR count). The Hall–Kier alpha value is -0.250. The van der Waals surface area contributed by atoms with E-state index in [1.54, 1.807) is 6.92 Å².